The molecular weight excluding hydrogens is 376 g/mol. The zero-order valence-electron chi connectivity index (χ0n) is 19.1. The highest BCUT2D eigenvalue weighted by atomic mass is 16.5. The van der Waals surface area contributed by atoms with Gasteiger partial charge in [-0.2, -0.15) is 0 Å². The first kappa shape index (κ1) is 22.9. The fraction of sp³-hybridized carbons (Fsp3) is 0.708. The van der Waals surface area contributed by atoms with Crippen molar-refractivity contribution in [2.24, 2.45) is 16.8 Å². The van der Waals surface area contributed by atoms with E-state index in [1.165, 1.54) is 31.5 Å². The number of likely N-dealkylation sites (tertiary alicyclic amines) is 1. The van der Waals surface area contributed by atoms with Gasteiger partial charge in [0.05, 0.1) is 19.8 Å². The molecule has 2 atom stereocenters. The maximum absolute atomic E-state index is 6.18. The third-order valence-corrected chi connectivity index (χ3v) is 6.08. The Hall–Kier alpha value is -1.79. The molecule has 1 aromatic carbocycles. The fourth-order valence-electron chi connectivity index (χ4n) is 4.20. The summed E-state index contributed by atoms with van der Waals surface area (Å²) in [5.41, 5.74) is 2.34. The lowest BCUT2D eigenvalue weighted by Gasteiger charge is -2.32. The molecule has 2 unspecified atom stereocenters. The molecule has 0 amide bonds. The molecule has 2 fully saturated rings. The summed E-state index contributed by atoms with van der Waals surface area (Å²) in [7, 11) is 0. The summed E-state index contributed by atoms with van der Waals surface area (Å²) in [6.45, 7) is 14.9. The number of rotatable bonds is 9. The minimum absolute atomic E-state index is 0.499. The van der Waals surface area contributed by atoms with E-state index in [0.717, 1.165) is 56.5 Å². The zero-order valence-corrected chi connectivity index (χ0v) is 19.1. The summed E-state index contributed by atoms with van der Waals surface area (Å²) in [6.07, 6.45) is 3.68. The Kier molecular flexibility index (Phi) is 9.27. The van der Waals surface area contributed by atoms with Crippen molar-refractivity contribution in [3.8, 4) is 5.75 Å². The smallest absolute Gasteiger partial charge is 0.191 e. The quantitative estimate of drug-likeness (QED) is 0.478. The summed E-state index contributed by atoms with van der Waals surface area (Å²) >= 11 is 0. The Labute approximate surface area is 182 Å². The molecule has 2 N–H and O–H groups in total. The second kappa shape index (κ2) is 12.2. The number of guanidine groups is 1. The first-order valence-corrected chi connectivity index (χ1v) is 11.7. The van der Waals surface area contributed by atoms with Gasteiger partial charge in [0.25, 0.3) is 0 Å². The molecule has 2 aliphatic rings. The van der Waals surface area contributed by atoms with Crippen LogP contribution in [-0.2, 0) is 11.3 Å². The number of benzene rings is 1. The van der Waals surface area contributed by atoms with Crippen molar-refractivity contribution in [1.29, 1.82) is 0 Å². The highest BCUT2D eigenvalue weighted by Crippen LogP contribution is 2.23. The Morgan fingerprint density at radius 1 is 1.23 bits per heavy atom. The molecule has 0 saturated carbocycles. The van der Waals surface area contributed by atoms with Gasteiger partial charge in [0.15, 0.2) is 5.96 Å². The first-order chi connectivity index (χ1) is 14.7. The van der Waals surface area contributed by atoms with Crippen LogP contribution in [0.1, 0.15) is 44.2 Å². The van der Waals surface area contributed by atoms with Gasteiger partial charge in [-0.15, -0.1) is 0 Å². The lowest BCUT2D eigenvalue weighted by molar-refractivity contribution is 0.166. The van der Waals surface area contributed by atoms with Gasteiger partial charge in [0, 0.05) is 37.7 Å². The van der Waals surface area contributed by atoms with Gasteiger partial charge in [-0.3, -0.25) is 0 Å². The van der Waals surface area contributed by atoms with Gasteiger partial charge < -0.3 is 25.0 Å². The van der Waals surface area contributed by atoms with Gasteiger partial charge in [-0.05, 0) is 63.7 Å². The van der Waals surface area contributed by atoms with Crippen LogP contribution in [0.2, 0.25) is 0 Å². The average molecular weight is 417 g/mol. The van der Waals surface area contributed by atoms with E-state index >= 15 is 0 Å². The van der Waals surface area contributed by atoms with Gasteiger partial charge in [-0.1, -0.05) is 19.1 Å². The Bertz CT molecular complexity index is 673. The molecule has 0 radical (unpaired) electrons. The minimum Gasteiger partial charge on any atom is -0.493 e. The summed E-state index contributed by atoms with van der Waals surface area (Å²) in [4.78, 5) is 7.40. The maximum atomic E-state index is 6.18. The zero-order chi connectivity index (χ0) is 21.2. The normalized spacial score (nSPS) is 22.8. The number of hydrogen-bond donors (Lipinski definition) is 2. The summed E-state index contributed by atoms with van der Waals surface area (Å²) in [6, 6.07) is 6.41. The topological polar surface area (TPSA) is 58.1 Å². The average Bonchev–Trinajstić information content (AvgIpc) is 3.29. The van der Waals surface area contributed by atoms with E-state index in [9.17, 15) is 0 Å². The predicted octanol–water partition coefficient (Wildman–Crippen LogP) is 3.20. The van der Waals surface area contributed by atoms with E-state index in [-0.39, 0.29) is 0 Å². The molecule has 2 heterocycles. The molecule has 6 nitrogen and oxygen atoms in total. The number of piperidine rings is 1. The Morgan fingerprint density at radius 3 is 2.90 bits per heavy atom. The van der Waals surface area contributed by atoms with Crippen molar-refractivity contribution in [2.45, 2.75) is 46.6 Å². The molecule has 0 spiro atoms. The lowest BCUT2D eigenvalue weighted by Crippen LogP contribution is -2.44. The first-order valence-electron chi connectivity index (χ1n) is 11.7. The van der Waals surface area contributed by atoms with Crippen LogP contribution in [0.4, 0.5) is 0 Å². The number of aryl methyl sites for hydroxylation is 1. The predicted molar refractivity (Wildman–Crippen MR) is 123 cm³/mol. The second-order valence-corrected chi connectivity index (χ2v) is 8.63. The van der Waals surface area contributed by atoms with E-state index in [4.69, 9.17) is 14.5 Å². The van der Waals surface area contributed by atoms with Crippen LogP contribution in [0, 0.1) is 18.8 Å². The highest BCUT2D eigenvalue weighted by Gasteiger charge is 2.19. The lowest BCUT2D eigenvalue weighted by atomic mass is 9.98. The largest absolute Gasteiger partial charge is 0.493 e. The van der Waals surface area contributed by atoms with Gasteiger partial charge in [0.1, 0.15) is 5.75 Å². The van der Waals surface area contributed by atoms with Crippen molar-refractivity contribution < 1.29 is 9.47 Å². The van der Waals surface area contributed by atoms with Crippen LogP contribution < -0.4 is 15.4 Å². The van der Waals surface area contributed by atoms with E-state index in [2.05, 4.69) is 54.5 Å². The third-order valence-electron chi connectivity index (χ3n) is 6.08. The number of ether oxygens (including phenoxy) is 2. The molecule has 6 heteroatoms. The van der Waals surface area contributed by atoms with Gasteiger partial charge in [-0.25, -0.2) is 4.99 Å². The monoisotopic (exact) mass is 416 g/mol. The minimum atomic E-state index is 0.499. The maximum Gasteiger partial charge on any atom is 0.191 e. The molecule has 2 aliphatic heterocycles. The molecule has 0 bridgehead atoms. The third kappa shape index (κ3) is 7.17. The SMILES string of the molecule is CCNC(=NCc1ccc(C)cc1OCC1CCOC1)NCC1CCCN(CC)C1. The van der Waals surface area contributed by atoms with Crippen LogP contribution in [0.3, 0.4) is 0 Å². The molecule has 2 saturated heterocycles. The van der Waals surface area contributed by atoms with Crippen molar-refractivity contribution in [3.05, 3.63) is 29.3 Å². The number of aliphatic imine (C=N–C) groups is 1. The number of nitrogens with zero attached hydrogens (tertiary/aromatic N) is 2. The summed E-state index contributed by atoms with van der Waals surface area (Å²) < 4.78 is 11.7. The molecule has 30 heavy (non-hydrogen) atoms. The number of hydrogen-bond acceptors (Lipinski definition) is 4. The van der Waals surface area contributed by atoms with E-state index in [1.807, 2.05) is 0 Å². The van der Waals surface area contributed by atoms with Crippen molar-refractivity contribution in [1.82, 2.24) is 15.5 Å². The van der Waals surface area contributed by atoms with E-state index in [1.54, 1.807) is 0 Å². The molecular formula is C24H40N4O2. The Balaban J connectivity index is 1.57. The van der Waals surface area contributed by atoms with E-state index < -0.39 is 0 Å². The molecule has 0 aromatic heterocycles. The summed E-state index contributed by atoms with van der Waals surface area (Å²) in [5, 5.41) is 6.96. The van der Waals surface area contributed by atoms with Crippen molar-refractivity contribution in [3.63, 3.8) is 0 Å². The standard InChI is InChI=1S/C24H40N4O2/c1-4-25-24(26-14-20-7-6-11-28(5-2)16-20)27-15-22-9-8-19(3)13-23(22)30-18-21-10-12-29-17-21/h8-9,13,20-21H,4-7,10-12,14-18H2,1-3H3,(H2,25,26,27). The molecule has 1 aromatic rings. The summed E-state index contributed by atoms with van der Waals surface area (Å²) in [5.74, 6) is 3.03. The highest BCUT2D eigenvalue weighted by molar-refractivity contribution is 5.79. The molecule has 3 rings (SSSR count). The van der Waals surface area contributed by atoms with Crippen molar-refractivity contribution >= 4 is 5.96 Å². The second-order valence-electron chi connectivity index (χ2n) is 8.63. The van der Waals surface area contributed by atoms with Crippen LogP contribution in [0.5, 0.6) is 5.75 Å². The van der Waals surface area contributed by atoms with Crippen molar-refractivity contribution in [2.75, 3.05) is 52.5 Å². The Morgan fingerprint density at radius 2 is 2.13 bits per heavy atom. The fourth-order valence-corrected chi connectivity index (χ4v) is 4.20. The van der Waals surface area contributed by atoms with Gasteiger partial charge in [0.2, 0.25) is 0 Å². The van der Waals surface area contributed by atoms with Crippen LogP contribution >= 0.6 is 0 Å². The van der Waals surface area contributed by atoms with Crippen LogP contribution in [0.25, 0.3) is 0 Å². The van der Waals surface area contributed by atoms with Gasteiger partial charge >= 0.3 is 0 Å². The van der Waals surface area contributed by atoms with Crippen LogP contribution in [0.15, 0.2) is 23.2 Å². The molecule has 0 aliphatic carbocycles. The van der Waals surface area contributed by atoms with E-state index in [0.29, 0.717) is 25.0 Å². The number of nitrogens with one attached hydrogen (secondary N) is 2. The van der Waals surface area contributed by atoms with Crippen LogP contribution in [-0.4, -0.2) is 63.4 Å². The molecule has 168 valence electrons.